The highest BCUT2D eigenvalue weighted by Gasteiger charge is 2.21. The number of carboxylic acids is 1. The van der Waals surface area contributed by atoms with Crippen LogP contribution in [0.4, 0.5) is 5.69 Å². The Balaban J connectivity index is 2.36. The molecular weight excluding hydrogens is 384 g/mol. The normalized spacial score (nSPS) is 12.0. The highest BCUT2D eigenvalue weighted by Crippen LogP contribution is 2.26. The number of aliphatic carboxylic acids is 1. The van der Waals surface area contributed by atoms with E-state index in [4.69, 9.17) is 14.2 Å². The predicted octanol–water partition coefficient (Wildman–Crippen LogP) is 2.67. The second-order valence-corrected chi connectivity index (χ2v) is 7.56. The molecule has 0 aliphatic heterocycles. The fraction of sp³-hybridized carbons (Fsp3) is 0.263. The van der Waals surface area contributed by atoms with Gasteiger partial charge in [-0.05, 0) is 54.4 Å². The van der Waals surface area contributed by atoms with E-state index in [1.807, 2.05) is 6.07 Å². The third-order valence-electron chi connectivity index (χ3n) is 3.64. The number of nitrogens with zero attached hydrogens (tertiary/aromatic N) is 1. The standard InChI is InChI=1S/C19H20N2O6S/c1-3-26-17-9-14(12-27-28(2,24)25)8-15(10-17)18(19(22)23)21-16-6-4-13(11-20)5-7-16/h4-10,18,21H,3,12H2,1-2H3,(H,22,23). The molecule has 2 aromatic carbocycles. The van der Waals surface area contributed by atoms with Crippen molar-refractivity contribution in [1.82, 2.24) is 0 Å². The van der Waals surface area contributed by atoms with Crippen LogP contribution < -0.4 is 10.1 Å². The summed E-state index contributed by atoms with van der Waals surface area (Å²) in [4.78, 5) is 11.8. The molecule has 0 radical (unpaired) electrons. The molecule has 2 N–H and O–H groups in total. The second kappa shape index (κ2) is 9.21. The molecule has 0 heterocycles. The lowest BCUT2D eigenvalue weighted by molar-refractivity contribution is -0.138. The molecule has 28 heavy (non-hydrogen) atoms. The van der Waals surface area contributed by atoms with Crippen LogP contribution in [0.25, 0.3) is 0 Å². The van der Waals surface area contributed by atoms with Crippen LogP contribution in [0.5, 0.6) is 5.75 Å². The number of benzene rings is 2. The largest absolute Gasteiger partial charge is 0.494 e. The van der Waals surface area contributed by atoms with E-state index >= 15 is 0 Å². The number of hydrogen-bond acceptors (Lipinski definition) is 7. The van der Waals surface area contributed by atoms with Crippen LogP contribution in [0.15, 0.2) is 42.5 Å². The van der Waals surface area contributed by atoms with Crippen LogP contribution >= 0.6 is 0 Å². The average Bonchev–Trinajstić information content (AvgIpc) is 2.64. The van der Waals surface area contributed by atoms with Crippen molar-refractivity contribution in [2.75, 3.05) is 18.2 Å². The molecule has 0 bridgehead atoms. The molecule has 0 aliphatic rings. The first kappa shape index (κ1) is 21.2. The van der Waals surface area contributed by atoms with Crippen LogP contribution in [-0.2, 0) is 25.7 Å². The van der Waals surface area contributed by atoms with E-state index in [1.165, 1.54) is 0 Å². The molecule has 1 unspecified atom stereocenters. The maximum absolute atomic E-state index is 11.8. The van der Waals surface area contributed by atoms with Crippen LogP contribution in [0, 0.1) is 11.3 Å². The lowest BCUT2D eigenvalue weighted by Gasteiger charge is -2.18. The van der Waals surface area contributed by atoms with Gasteiger partial charge in [0.2, 0.25) is 0 Å². The van der Waals surface area contributed by atoms with Gasteiger partial charge < -0.3 is 15.2 Å². The summed E-state index contributed by atoms with van der Waals surface area (Å²) in [6.45, 7) is 1.90. The van der Waals surface area contributed by atoms with E-state index in [-0.39, 0.29) is 6.61 Å². The molecule has 0 aliphatic carbocycles. The van der Waals surface area contributed by atoms with Crippen molar-refractivity contribution in [3.8, 4) is 11.8 Å². The van der Waals surface area contributed by atoms with E-state index in [2.05, 4.69) is 5.32 Å². The van der Waals surface area contributed by atoms with Gasteiger partial charge in [-0.15, -0.1) is 0 Å². The molecule has 2 rings (SSSR count). The number of carbonyl (C=O) groups is 1. The van der Waals surface area contributed by atoms with E-state index < -0.39 is 22.1 Å². The summed E-state index contributed by atoms with van der Waals surface area (Å²) >= 11 is 0. The van der Waals surface area contributed by atoms with Gasteiger partial charge in [-0.25, -0.2) is 4.79 Å². The van der Waals surface area contributed by atoms with E-state index in [0.29, 0.717) is 34.7 Å². The van der Waals surface area contributed by atoms with Gasteiger partial charge in [-0.1, -0.05) is 6.07 Å². The van der Waals surface area contributed by atoms with Crippen molar-refractivity contribution in [1.29, 1.82) is 5.26 Å². The van der Waals surface area contributed by atoms with Gasteiger partial charge in [0.15, 0.2) is 6.04 Å². The van der Waals surface area contributed by atoms with Gasteiger partial charge in [0.05, 0.1) is 31.1 Å². The number of carboxylic acid groups (broad SMARTS) is 1. The fourth-order valence-corrected chi connectivity index (χ4v) is 2.81. The third-order valence-corrected chi connectivity index (χ3v) is 4.19. The minimum Gasteiger partial charge on any atom is -0.494 e. The van der Waals surface area contributed by atoms with Gasteiger partial charge in [-0.3, -0.25) is 4.18 Å². The molecule has 0 saturated heterocycles. The van der Waals surface area contributed by atoms with Crippen LogP contribution in [0.2, 0.25) is 0 Å². The highest BCUT2D eigenvalue weighted by molar-refractivity contribution is 7.85. The summed E-state index contributed by atoms with van der Waals surface area (Å²) in [5.74, 6) is -0.729. The highest BCUT2D eigenvalue weighted by atomic mass is 32.2. The molecule has 0 saturated carbocycles. The lowest BCUT2D eigenvalue weighted by Crippen LogP contribution is -2.21. The molecule has 0 spiro atoms. The smallest absolute Gasteiger partial charge is 0.330 e. The maximum Gasteiger partial charge on any atom is 0.330 e. The summed E-state index contributed by atoms with van der Waals surface area (Å²) in [6, 6.07) is 11.9. The molecule has 0 amide bonds. The molecule has 0 fully saturated rings. The Labute approximate surface area is 163 Å². The number of ether oxygens (including phenoxy) is 1. The molecule has 0 aromatic heterocycles. The van der Waals surface area contributed by atoms with Crippen LogP contribution in [0.1, 0.15) is 29.7 Å². The van der Waals surface area contributed by atoms with Gasteiger partial charge in [0.1, 0.15) is 5.75 Å². The van der Waals surface area contributed by atoms with Crippen molar-refractivity contribution < 1.29 is 27.2 Å². The molecule has 9 heteroatoms. The quantitative estimate of drug-likeness (QED) is 0.611. The van der Waals surface area contributed by atoms with Crippen LogP contribution in [0.3, 0.4) is 0 Å². The van der Waals surface area contributed by atoms with Gasteiger partial charge in [0.25, 0.3) is 10.1 Å². The number of rotatable bonds is 9. The summed E-state index contributed by atoms with van der Waals surface area (Å²) in [5, 5.41) is 21.4. The van der Waals surface area contributed by atoms with Crippen LogP contribution in [-0.4, -0.2) is 32.4 Å². The Morgan fingerprint density at radius 1 is 1.25 bits per heavy atom. The number of nitrogens with one attached hydrogen (secondary N) is 1. The van der Waals surface area contributed by atoms with Crippen molar-refractivity contribution in [3.63, 3.8) is 0 Å². The summed E-state index contributed by atoms with van der Waals surface area (Å²) in [5.41, 5.74) is 1.80. The summed E-state index contributed by atoms with van der Waals surface area (Å²) in [7, 11) is -3.65. The first-order valence-corrected chi connectivity index (χ1v) is 10.1. The maximum atomic E-state index is 11.8. The Kier molecular flexibility index (Phi) is 6.98. The minimum atomic E-state index is -3.65. The Morgan fingerprint density at radius 2 is 1.93 bits per heavy atom. The van der Waals surface area contributed by atoms with Crippen molar-refractivity contribution >= 4 is 21.8 Å². The predicted molar refractivity (Wildman–Crippen MR) is 102 cm³/mol. The van der Waals surface area contributed by atoms with Crippen molar-refractivity contribution in [3.05, 3.63) is 59.2 Å². The lowest BCUT2D eigenvalue weighted by atomic mass is 10.0. The minimum absolute atomic E-state index is 0.240. The average molecular weight is 404 g/mol. The molecule has 8 nitrogen and oxygen atoms in total. The Bertz CT molecular complexity index is 980. The number of nitriles is 1. The van der Waals surface area contributed by atoms with Crippen molar-refractivity contribution in [2.24, 2.45) is 0 Å². The number of anilines is 1. The first-order chi connectivity index (χ1) is 13.2. The topological polar surface area (TPSA) is 126 Å². The Morgan fingerprint density at radius 3 is 2.46 bits per heavy atom. The summed E-state index contributed by atoms with van der Waals surface area (Å²) < 4.78 is 32.8. The molecule has 1 atom stereocenters. The molecule has 148 valence electrons. The van der Waals surface area contributed by atoms with E-state index in [9.17, 15) is 18.3 Å². The van der Waals surface area contributed by atoms with Gasteiger partial charge in [-0.2, -0.15) is 13.7 Å². The Hall–Kier alpha value is -3.09. The zero-order chi connectivity index (χ0) is 20.7. The van der Waals surface area contributed by atoms with Gasteiger partial charge in [0, 0.05) is 5.69 Å². The fourth-order valence-electron chi connectivity index (χ4n) is 2.46. The molecular formula is C19H20N2O6S. The first-order valence-electron chi connectivity index (χ1n) is 8.32. The van der Waals surface area contributed by atoms with Gasteiger partial charge >= 0.3 is 5.97 Å². The SMILES string of the molecule is CCOc1cc(COS(C)(=O)=O)cc(C(Nc2ccc(C#N)cc2)C(=O)O)c1. The third kappa shape index (κ3) is 6.26. The van der Waals surface area contributed by atoms with E-state index in [1.54, 1.807) is 49.4 Å². The second-order valence-electron chi connectivity index (χ2n) is 5.91. The monoisotopic (exact) mass is 404 g/mol. The van der Waals surface area contributed by atoms with E-state index in [0.717, 1.165) is 6.26 Å². The zero-order valence-corrected chi connectivity index (χ0v) is 16.2. The number of hydrogen-bond donors (Lipinski definition) is 2. The summed E-state index contributed by atoms with van der Waals surface area (Å²) in [6.07, 6.45) is 0.937. The zero-order valence-electron chi connectivity index (χ0n) is 15.4. The van der Waals surface area contributed by atoms with Crippen molar-refractivity contribution in [2.45, 2.75) is 19.6 Å². The molecule has 2 aromatic rings.